The first-order valence-corrected chi connectivity index (χ1v) is 4.32. The fraction of sp³-hybridized carbons (Fsp3) is 1.00. The molecule has 2 bridgehead atoms. The molecule has 0 spiro atoms. The van der Waals surface area contributed by atoms with Crippen LogP contribution in [0.15, 0.2) is 0 Å². The summed E-state index contributed by atoms with van der Waals surface area (Å²) in [6.45, 7) is 0. The van der Waals surface area contributed by atoms with Crippen molar-refractivity contribution in [1.29, 1.82) is 0 Å². The Morgan fingerprint density at radius 2 is 1.70 bits per heavy atom. The number of rotatable bonds is 0. The number of hydrogen-bond donors (Lipinski definition) is 1. The van der Waals surface area contributed by atoms with Crippen molar-refractivity contribution in [3.8, 4) is 0 Å². The van der Waals surface area contributed by atoms with Crippen LogP contribution in [0.5, 0.6) is 0 Å². The molecule has 0 radical (unpaired) electrons. The van der Waals surface area contributed by atoms with Gasteiger partial charge >= 0.3 is 0 Å². The molecule has 2 rings (SSSR count). The van der Waals surface area contributed by atoms with Gasteiger partial charge < -0.3 is 5.21 Å². The Morgan fingerprint density at radius 3 is 2.20 bits per heavy atom. The molecule has 1 N–H and O–H groups in total. The standard InChI is InChI=1S/C7H12ClNO/c8-5-3-6-1-2-7(4-5)9(6)10/h5-7,10H,1-4H2/t5?,6-,7+. The summed E-state index contributed by atoms with van der Waals surface area (Å²) < 4.78 is 0. The third-order valence-electron chi connectivity index (χ3n) is 2.64. The van der Waals surface area contributed by atoms with E-state index in [1.165, 1.54) is 5.06 Å². The maximum Gasteiger partial charge on any atom is 0.0368 e. The summed E-state index contributed by atoms with van der Waals surface area (Å²) in [6, 6.07) is 0.725. The zero-order chi connectivity index (χ0) is 7.14. The minimum absolute atomic E-state index is 0.306. The minimum atomic E-state index is 0.306. The van der Waals surface area contributed by atoms with Gasteiger partial charge in [0.05, 0.1) is 0 Å². The van der Waals surface area contributed by atoms with Gasteiger partial charge in [-0.15, -0.1) is 11.6 Å². The molecule has 0 aliphatic carbocycles. The van der Waals surface area contributed by atoms with E-state index in [0.717, 1.165) is 25.7 Å². The highest BCUT2D eigenvalue weighted by atomic mass is 35.5. The number of nitrogens with zero attached hydrogens (tertiary/aromatic N) is 1. The number of piperidine rings is 1. The quantitative estimate of drug-likeness (QED) is 0.546. The van der Waals surface area contributed by atoms with Crippen molar-refractivity contribution in [2.75, 3.05) is 0 Å². The van der Waals surface area contributed by atoms with Gasteiger partial charge in [-0.25, -0.2) is 0 Å². The SMILES string of the molecule is ON1[C@@H]2CC[C@H]1CC(Cl)C2. The van der Waals surface area contributed by atoms with E-state index in [4.69, 9.17) is 11.6 Å². The van der Waals surface area contributed by atoms with Gasteiger partial charge in [0, 0.05) is 17.5 Å². The van der Waals surface area contributed by atoms with E-state index < -0.39 is 0 Å². The smallest absolute Gasteiger partial charge is 0.0368 e. The van der Waals surface area contributed by atoms with Crippen LogP contribution >= 0.6 is 11.6 Å². The average molecular weight is 162 g/mol. The van der Waals surface area contributed by atoms with Crippen LogP contribution in [0.3, 0.4) is 0 Å². The predicted molar refractivity (Wildman–Crippen MR) is 39.3 cm³/mol. The van der Waals surface area contributed by atoms with Gasteiger partial charge in [0.2, 0.25) is 0 Å². The Kier molecular flexibility index (Phi) is 1.63. The van der Waals surface area contributed by atoms with Crippen LogP contribution in [0, 0.1) is 0 Å². The second-order valence-corrected chi connectivity index (χ2v) is 3.95. The minimum Gasteiger partial charge on any atom is -0.313 e. The number of hydrogen-bond acceptors (Lipinski definition) is 2. The average Bonchev–Trinajstić information content (AvgIpc) is 2.20. The number of alkyl halides is 1. The summed E-state index contributed by atoms with van der Waals surface area (Å²) in [5, 5.41) is 11.2. The van der Waals surface area contributed by atoms with Gasteiger partial charge in [0.25, 0.3) is 0 Å². The fourth-order valence-electron chi connectivity index (χ4n) is 2.09. The molecule has 0 aromatic rings. The van der Waals surface area contributed by atoms with Crippen molar-refractivity contribution < 1.29 is 5.21 Å². The zero-order valence-electron chi connectivity index (χ0n) is 5.83. The highest BCUT2D eigenvalue weighted by Gasteiger charge is 2.39. The maximum absolute atomic E-state index is 9.40. The molecule has 0 amide bonds. The predicted octanol–water partition coefficient (Wildman–Crippen LogP) is 1.61. The molecule has 2 aliphatic rings. The van der Waals surface area contributed by atoms with Crippen LogP contribution in [0.1, 0.15) is 25.7 Å². The Morgan fingerprint density at radius 1 is 1.20 bits per heavy atom. The van der Waals surface area contributed by atoms with Crippen LogP contribution in [0.25, 0.3) is 0 Å². The molecule has 2 aliphatic heterocycles. The van der Waals surface area contributed by atoms with Gasteiger partial charge in [-0.2, -0.15) is 5.06 Å². The van der Waals surface area contributed by atoms with E-state index >= 15 is 0 Å². The normalized spacial score (nSPS) is 48.0. The summed E-state index contributed by atoms with van der Waals surface area (Å²) in [7, 11) is 0. The van der Waals surface area contributed by atoms with Gasteiger partial charge in [-0.3, -0.25) is 0 Å². The van der Waals surface area contributed by atoms with E-state index in [-0.39, 0.29) is 0 Å². The van der Waals surface area contributed by atoms with E-state index in [9.17, 15) is 5.21 Å². The van der Waals surface area contributed by atoms with Crippen molar-refractivity contribution in [3.63, 3.8) is 0 Å². The molecule has 10 heavy (non-hydrogen) atoms. The molecular weight excluding hydrogens is 150 g/mol. The lowest BCUT2D eigenvalue weighted by atomic mass is 10.1. The third kappa shape index (κ3) is 0.949. The van der Waals surface area contributed by atoms with Crippen LogP contribution in [-0.4, -0.2) is 27.7 Å². The number of halogens is 1. The summed E-state index contributed by atoms with van der Waals surface area (Å²) in [5.74, 6) is 0. The molecule has 3 heteroatoms. The zero-order valence-corrected chi connectivity index (χ0v) is 6.59. The molecule has 0 aromatic heterocycles. The topological polar surface area (TPSA) is 23.5 Å². The Hall–Kier alpha value is 0.210. The maximum atomic E-state index is 9.40. The number of hydroxylamine groups is 2. The lowest BCUT2D eigenvalue weighted by Gasteiger charge is -2.31. The summed E-state index contributed by atoms with van der Waals surface area (Å²) in [4.78, 5) is 0. The lowest BCUT2D eigenvalue weighted by Crippen LogP contribution is -2.40. The first-order valence-electron chi connectivity index (χ1n) is 3.88. The molecule has 0 saturated carbocycles. The Labute approximate surface area is 65.7 Å². The van der Waals surface area contributed by atoms with Crippen LogP contribution < -0.4 is 0 Å². The van der Waals surface area contributed by atoms with Crippen LogP contribution in [0.2, 0.25) is 0 Å². The lowest BCUT2D eigenvalue weighted by molar-refractivity contribution is -0.148. The van der Waals surface area contributed by atoms with E-state index in [0.29, 0.717) is 17.5 Å². The largest absolute Gasteiger partial charge is 0.313 e. The van der Waals surface area contributed by atoms with Crippen molar-refractivity contribution >= 4 is 11.6 Å². The first kappa shape index (κ1) is 6.89. The molecule has 2 fully saturated rings. The second kappa shape index (κ2) is 2.36. The van der Waals surface area contributed by atoms with Crippen molar-refractivity contribution in [1.82, 2.24) is 5.06 Å². The van der Waals surface area contributed by atoms with Gasteiger partial charge in [0.15, 0.2) is 0 Å². The molecule has 2 nitrogen and oxygen atoms in total. The number of fused-ring (bicyclic) bond motifs is 2. The molecule has 58 valence electrons. The van der Waals surface area contributed by atoms with Crippen LogP contribution in [-0.2, 0) is 0 Å². The monoisotopic (exact) mass is 161 g/mol. The molecule has 0 aromatic carbocycles. The van der Waals surface area contributed by atoms with Crippen molar-refractivity contribution in [3.05, 3.63) is 0 Å². The summed E-state index contributed by atoms with van der Waals surface area (Å²) >= 11 is 5.97. The highest BCUT2D eigenvalue weighted by molar-refractivity contribution is 6.20. The highest BCUT2D eigenvalue weighted by Crippen LogP contribution is 2.35. The second-order valence-electron chi connectivity index (χ2n) is 3.33. The Balaban J connectivity index is 2.09. The van der Waals surface area contributed by atoms with E-state index in [2.05, 4.69) is 0 Å². The molecule has 2 saturated heterocycles. The first-order chi connectivity index (χ1) is 4.77. The van der Waals surface area contributed by atoms with Gasteiger partial charge in [-0.1, -0.05) is 0 Å². The third-order valence-corrected chi connectivity index (χ3v) is 2.99. The molecule has 2 heterocycles. The summed E-state index contributed by atoms with van der Waals surface area (Å²) in [5.41, 5.74) is 0. The van der Waals surface area contributed by atoms with Crippen molar-refractivity contribution in [2.45, 2.75) is 43.1 Å². The van der Waals surface area contributed by atoms with Gasteiger partial charge in [0.1, 0.15) is 0 Å². The molecule has 3 atom stereocenters. The summed E-state index contributed by atoms with van der Waals surface area (Å²) in [6.07, 6.45) is 4.19. The molecule has 1 unspecified atom stereocenters. The van der Waals surface area contributed by atoms with Gasteiger partial charge in [-0.05, 0) is 25.7 Å². The van der Waals surface area contributed by atoms with E-state index in [1.54, 1.807) is 0 Å². The molecular formula is C7H12ClNO. The van der Waals surface area contributed by atoms with Crippen LogP contribution in [0.4, 0.5) is 0 Å². The fourth-order valence-corrected chi connectivity index (χ4v) is 2.50. The van der Waals surface area contributed by atoms with Crippen molar-refractivity contribution in [2.24, 2.45) is 0 Å². The Bertz CT molecular complexity index is 128. The van der Waals surface area contributed by atoms with E-state index in [1.807, 2.05) is 0 Å².